The molecule has 3 nitrogen and oxygen atoms in total. The van der Waals surface area contributed by atoms with Gasteiger partial charge >= 0.3 is 0 Å². The van der Waals surface area contributed by atoms with E-state index in [4.69, 9.17) is 5.79 Å². The number of aromatic nitrogens is 1. The summed E-state index contributed by atoms with van der Waals surface area (Å²) in [6, 6.07) is 16.8. The van der Waals surface area contributed by atoms with Gasteiger partial charge in [-0.2, -0.15) is 5.26 Å². The summed E-state index contributed by atoms with van der Waals surface area (Å²) in [6.45, 7) is 2.09. The van der Waals surface area contributed by atoms with Gasteiger partial charge in [-0.05, 0) is 42.9 Å². The van der Waals surface area contributed by atoms with Gasteiger partial charge in [0.15, 0.2) is 11.8 Å². The Hall–Kier alpha value is -3.12. The van der Waals surface area contributed by atoms with Crippen LogP contribution in [0.3, 0.4) is 0 Å². The lowest BCUT2D eigenvalue weighted by atomic mass is 9.82. The third kappa shape index (κ3) is 2.83. The van der Waals surface area contributed by atoms with Crippen LogP contribution >= 0.6 is 0 Å². The van der Waals surface area contributed by atoms with Gasteiger partial charge in [-0.1, -0.05) is 43.5 Å². The maximum absolute atomic E-state index is 10.1. The lowest BCUT2D eigenvalue weighted by Gasteiger charge is -2.22. The number of nitriles is 1. The van der Waals surface area contributed by atoms with E-state index in [0.29, 0.717) is 11.1 Å². The van der Waals surface area contributed by atoms with E-state index in [1.165, 1.54) is 6.42 Å². The summed E-state index contributed by atoms with van der Waals surface area (Å²) in [5.74, 6) is -0.693. The molecule has 0 N–H and O–H groups in total. The maximum Gasteiger partial charge on any atom is 0.216 e. The minimum Gasteiger partial charge on any atom is -0.454 e. The molecule has 0 unspecified atom stereocenters. The van der Waals surface area contributed by atoms with E-state index >= 15 is 0 Å². The van der Waals surface area contributed by atoms with Crippen LogP contribution in [0.5, 0.6) is 0 Å². The zero-order chi connectivity index (χ0) is 20.9. The first-order chi connectivity index (χ1) is 14.5. The Morgan fingerprint density at radius 1 is 1.03 bits per heavy atom. The summed E-state index contributed by atoms with van der Waals surface area (Å²) in [5.41, 5.74) is 6.03. The number of hydrogen-bond donors (Lipinski definition) is 0. The number of pyridine rings is 1. The molecule has 0 spiro atoms. The molecule has 0 aliphatic heterocycles. The van der Waals surface area contributed by atoms with E-state index in [2.05, 4.69) is 35.8 Å². The minimum absolute atomic E-state index is 0.529. The summed E-state index contributed by atoms with van der Waals surface area (Å²) in [6.07, 6.45) is 6.89. The van der Waals surface area contributed by atoms with Crippen molar-refractivity contribution in [1.29, 1.82) is 5.26 Å². The quantitative estimate of drug-likeness (QED) is 0.381. The van der Waals surface area contributed by atoms with Gasteiger partial charge in [-0.25, -0.2) is 4.57 Å². The highest BCUT2D eigenvalue weighted by atomic mass is 16.3. The molecule has 3 heteroatoms. The number of hydrogen-bond acceptors (Lipinski definition) is 2. The second-order valence-corrected chi connectivity index (χ2v) is 8.07. The largest absolute Gasteiger partial charge is 0.454 e. The second kappa shape index (κ2) is 7.04. The average Bonchev–Trinajstić information content (AvgIpc) is 3.13. The molecule has 5 rings (SSSR count). The third-order valence-electron chi connectivity index (χ3n) is 6.28. The van der Waals surface area contributed by atoms with Crippen molar-refractivity contribution < 1.29 is 10.4 Å². The van der Waals surface area contributed by atoms with Crippen LogP contribution in [0.1, 0.15) is 56.1 Å². The van der Waals surface area contributed by atoms with Crippen LogP contribution in [0.15, 0.2) is 53.1 Å². The molecule has 0 radical (unpaired) electrons. The smallest absolute Gasteiger partial charge is 0.216 e. The Morgan fingerprint density at radius 3 is 2.55 bits per heavy atom. The molecule has 2 aromatic heterocycles. The van der Waals surface area contributed by atoms with Crippen LogP contribution in [0.2, 0.25) is 0 Å². The van der Waals surface area contributed by atoms with E-state index in [1.54, 1.807) is 0 Å². The van der Waals surface area contributed by atoms with E-state index in [9.17, 15) is 5.26 Å². The van der Waals surface area contributed by atoms with Crippen molar-refractivity contribution >= 4 is 21.9 Å². The Labute approximate surface area is 172 Å². The van der Waals surface area contributed by atoms with Crippen molar-refractivity contribution in [1.82, 2.24) is 0 Å². The fourth-order valence-corrected chi connectivity index (χ4v) is 4.76. The van der Waals surface area contributed by atoms with Gasteiger partial charge in [0, 0.05) is 24.3 Å². The molecule has 144 valence electrons. The van der Waals surface area contributed by atoms with E-state index in [0.717, 1.165) is 64.4 Å². The standard InChI is InChI=1S/C26H25N2O/c1-17-11-12-21-20-14-13-19(18-8-4-3-5-9-18)22(16-27)25(20)29-26(21)24(17)23-10-6-7-15-28(23)2/h6-7,10-15,18H,3-5,8-9H2,1-2H3/q+1/i18D. The van der Waals surface area contributed by atoms with Gasteiger partial charge in [0.05, 0.1) is 11.1 Å². The Kier molecular flexibility index (Phi) is 4.08. The first kappa shape index (κ1) is 16.8. The van der Waals surface area contributed by atoms with Crippen LogP contribution in [0.4, 0.5) is 0 Å². The summed E-state index contributed by atoms with van der Waals surface area (Å²) in [7, 11) is 2.03. The molecule has 1 saturated carbocycles. The normalized spacial score (nSPS) is 16.7. The van der Waals surface area contributed by atoms with Crippen LogP contribution in [-0.4, -0.2) is 0 Å². The highest BCUT2D eigenvalue weighted by molar-refractivity contribution is 6.11. The molecule has 1 fully saturated rings. The Bertz CT molecular complexity index is 1320. The summed E-state index contributed by atoms with van der Waals surface area (Å²) in [5, 5.41) is 12.0. The van der Waals surface area contributed by atoms with Crippen molar-refractivity contribution in [2.45, 2.75) is 44.9 Å². The van der Waals surface area contributed by atoms with E-state index < -0.39 is 5.89 Å². The molecule has 2 aromatic carbocycles. The van der Waals surface area contributed by atoms with Gasteiger partial charge in [-0.3, -0.25) is 0 Å². The second-order valence-electron chi connectivity index (χ2n) is 8.07. The zero-order valence-corrected chi connectivity index (χ0v) is 17.0. The van der Waals surface area contributed by atoms with Crippen molar-refractivity contribution in [3.8, 4) is 17.3 Å². The predicted octanol–water partition coefficient (Wildman–Crippen LogP) is 6.31. The van der Waals surface area contributed by atoms with Crippen molar-refractivity contribution in [3.05, 3.63) is 65.4 Å². The SMILES string of the molecule is [2H]C1(c2ccc3c(oc4c(-c5cccc[n+]5C)c(C)ccc43)c2C#N)CCCCC1. The monoisotopic (exact) mass is 382 g/mol. The predicted molar refractivity (Wildman–Crippen MR) is 116 cm³/mol. The van der Waals surface area contributed by atoms with Crippen LogP contribution in [-0.2, 0) is 7.05 Å². The molecular formula is C26H25N2O+. The van der Waals surface area contributed by atoms with Crippen LogP contribution in [0.25, 0.3) is 33.2 Å². The molecule has 0 amide bonds. The van der Waals surface area contributed by atoms with Gasteiger partial charge in [0.25, 0.3) is 0 Å². The van der Waals surface area contributed by atoms with Gasteiger partial charge < -0.3 is 4.42 Å². The number of benzene rings is 2. The molecular weight excluding hydrogens is 356 g/mol. The number of rotatable bonds is 2. The van der Waals surface area contributed by atoms with Crippen LogP contribution < -0.4 is 4.57 Å². The molecule has 2 heterocycles. The number of furan rings is 1. The average molecular weight is 383 g/mol. The number of fused-ring (bicyclic) bond motifs is 3. The lowest BCUT2D eigenvalue weighted by Crippen LogP contribution is -2.30. The van der Waals surface area contributed by atoms with E-state index in [1.807, 2.05) is 37.5 Å². The Morgan fingerprint density at radius 2 is 1.79 bits per heavy atom. The lowest BCUT2D eigenvalue weighted by molar-refractivity contribution is -0.660. The van der Waals surface area contributed by atoms with E-state index in [-0.39, 0.29) is 0 Å². The minimum atomic E-state index is -0.693. The van der Waals surface area contributed by atoms with Gasteiger partial charge in [0.1, 0.15) is 18.7 Å². The molecule has 29 heavy (non-hydrogen) atoms. The third-order valence-corrected chi connectivity index (χ3v) is 6.28. The van der Waals surface area contributed by atoms with Crippen molar-refractivity contribution in [2.75, 3.05) is 0 Å². The topological polar surface area (TPSA) is 40.8 Å². The summed E-state index contributed by atoms with van der Waals surface area (Å²) < 4.78 is 17.6. The summed E-state index contributed by atoms with van der Waals surface area (Å²) in [4.78, 5) is 0. The maximum atomic E-state index is 10.1. The van der Waals surface area contributed by atoms with Gasteiger partial charge in [0.2, 0.25) is 5.69 Å². The summed E-state index contributed by atoms with van der Waals surface area (Å²) >= 11 is 0. The fraction of sp³-hybridized carbons (Fsp3) is 0.308. The first-order valence-corrected chi connectivity index (χ1v) is 10.4. The molecule has 1 aliphatic carbocycles. The molecule has 0 bridgehead atoms. The fourth-order valence-electron chi connectivity index (χ4n) is 4.76. The van der Waals surface area contributed by atoms with Crippen LogP contribution in [0, 0.1) is 18.3 Å². The number of nitrogens with zero attached hydrogens (tertiary/aromatic N) is 2. The molecule has 0 atom stereocenters. The number of aryl methyl sites for hydroxylation is 2. The van der Waals surface area contributed by atoms with Crippen molar-refractivity contribution in [3.63, 3.8) is 0 Å². The molecule has 1 aliphatic rings. The highest BCUT2D eigenvalue weighted by Crippen LogP contribution is 2.41. The zero-order valence-electron chi connectivity index (χ0n) is 18.0. The Balaban J connectivity index is 1.83. The highest BCUT2D eigenvalue weighted by Gasteiger charge is 2.25. The first-order valence-electron chi connectivity index (χ1n) is 10.9. The molecule has 0 saturated heterocycles. The van der Waals surface area contributed by atoms with Crippen molar-refractivity contribution in [2.24, 2.45) is 7.05 Å². The molecule has 4 aromatic rings. The van der Waals surface area contributed by atoms with Gasteiger partial charge in [-0.15, -0.1) is 0 Å².